The van der Waals surface area contributed by atoms with Gasteiger partial charge < -0.3 is 0 Å². The number of halogens is 2. The minimum atomic E-state index is -2.97. The lowest BCUT2D eigenvalue weighted by molar-refractivity contribution is -0.121. The second-order valence-electron chi connectivity index (χ2n) is 4.90. The summed E-state index contributed by atoms with van der Waals surface area (Å²) in [6.45, 7) is 0. The van der Waals surface area contributed by atoms with Crippen molar-refractivity contribution in [3.8, 4) is 0 Å². The first-order valence-electron chi connectivity index (χ1n) is 6.34. The number of hydrogen-bond acceptors (Lipinski definition) is 4. The molecule has 1 fully saturated rings. The molecule has 1 saturated heterocycles. The van der Waals surface area contributed by atoms with E-state index in [-0.39, 0.29) is 29.8 Å². The van der Waals surface area contributed by atoms with Crippen LogP contribution in [0.5, 0.6) is 0 Å². The number of benzene rings is 1. The average Bonchev–Trinajstić information content (AvgIpc) is 2.72. The Morgan fingerprint density at radius 3 is 2.62 bits per heavy atom. The highest BCUT2D eigenvalue weighted by atomic mass is 35.5. The molecule has 0 aliphatic carbocycles. The molecule has 2 rings (SSSR count). The van der Waals surface area contributed by atoms with Gasteiger partial charge >= 0.3 is 0 Å². The summed E-state index contributed by atoms with van der Waals surface area (Å²) < 4.78 is 22.6. The molecular formula is C13H14Cl2N2O3S. The van der Waals surface area contributed by atoms with Crippen LogP contribution >= 0.6 is 23.2 Å². The SMILES string of the molecule is O=C(C[C@@H]1CCS(=O)(=O)C1)N/N=C\c1c(Cl)cccc1Cl. The number of nitrogens with one attached hydrogen (secondary N) is 1. The van der Waals surface area contributed by atoms with E-state index in [1.807, 2.05) is 0 Å². The van der Waals surface area contributed by atoms with Crippen molar-refractivity contribution in [2.75, 3.05) is 11.5 Å². The van der Waals surface area contributed by atoms with E-state index in [0.717, 1.165) is 0 Å². The summed E-state index contributed by atoms with van der Waals surface area (Å²) in [6.07, 6.45) is 2.04. The standard InChI is InChI=1S/C13H14Cl2N2O3S/c14-11-2-1-3-12(15)10(11)7-16-17-13(18)6-9-4-5-21(19,20)8-9/h1-3,7,9H,4-6,8H2,(H,17,18)/b16-7-/t9-/m0/s1. The predicted octanol–water partition coefficient (Wildman–Crippen LogP) is 2.27. The smallest absolute Gasteiger partial charge is 0.240 e. The van der Waals surface area contributed by atoms with Crippen molar-refractivity contribution in [1.82, 2.24) is 5.43 Å². The van der Waals surface area contributed by atoms with Crippen molar-refractivity contribution >= 4 is 45.2 Å². The van der Waals surface area contributed by atoms with Gasteiger partial charge in [0.05, 0.1) is 27.8 Å². The van der Waals surface area contributed by atoms with E-state index in [9.17, 15) is 13.2 Å². The molecule has 1 aromatic rings. The minimum Gasteiger partial charge on any atom is -0.273 e. The molecule has 0 bridgehead atoms. The average molecular weight is 349 g/mol. The number of rotatable bonds is 4. The molecule has 21 heavy (non-hydrogen) atoms. The monoisotopic (exact) mass is 348 g/mol. The van der Waals surface area contributed by atoms with Gasteiger partial charge in [-0.1, -0.05) is 29.3 Å². The highest BCUT2D eigenvalue weighted by molar-refractivity contribution is 7.91. The van der Waals surface area contributed by atoms with Crippen LogP contribution < -0.4 is 5.43 Å². The first-order chi connectivity index (χ1) is 9.87. The zero-order valence-electron chi connectivity index (χ0n) is 11.1. The van der Waals surface area contributed by atoms with Gasteiger partial charge in [-0.15, -0.1) is 0 Å². The van der Waals surface area contributed by atoms with Crippen LogP contribution in [0.2, 0.25) is 10.0 Å². The van der Waals surface area contributed by atoms with Gasteiger partial charge in [0.1, 0.15) is 0 Å². The van der Waals surface area contributed by atoms with E-state index in [4.69, 9.17) is 23.2 Å². The third kappa shape index (κ3) is 4.69. The normalized spacial score (nSPS) is 20.8. The molecule has 1 atom stereocenters. The number of amides is 1. The summed E-state index contributed by atoms with van der Waals surface area (Å²) >= 11 is 11.9. The molecular weight excluding hydrogens is 335 g/mol. The Kier molecular flexibility index (Phi) is 5.24. The number of carbonyl (C=O) groups is 1. The summed E-state index contributed by atoms with van der Waals surface area (Å²) in [4.78, 5) is 11.7. The van der Waals surface area contributed by atoms with Crippen molar-refractivity contribution in [3.05, 3.63) is 33.8 Å². The molecule has 0 aromatic heterocycles. The van der Waals surface area contributed by atoms with Crippen LogP contribution in [-0.4, -0.2) is 32.0 Å². The first kappa shape index (κ1) is 16.3. The van der Waals surface area contributed by atoms with Crippen molar-refractivity contribution in [1.29, 1.82) is 0 Å². The van der Waals surface area contributed by atoms with Crippen LogP contribution in [0.15, 0.2) is 23.3 Å². The van der Waals surface area contributed by atoms with Crippen molar-refractivity contribution < 1.29 is 13.2 Å². The van der Waals surface area contributed by atoms with E-state index >= 15 is 0 Å². The lowest BCUT2D eigenvalue weighted by atomic mass is 10.1. The van der Waals surface area contributed by atoms with Crippen LogP contribution in [-0.2, 0) is 14.6 Å². The fourth-order valence-corrected chi connectivity index (χ4v) is 4.50. The summed E-state index contributed by atoms with van der Waals surface area (Å²) in [5, 5.41) is 4.66. The molecule has 1 aliphatic rings. The maximum atomic E-state index is 11.7. The molecule has 0 saturated carbocycles. The number of hydrazone groups is 1. The molecule has 5 nitrogen and oxygen atoms in total. The fourth-order valence-electron chi connectivity index (χ4n) is 2.14. The summed E-state index contributed by atoms with van der Waals surface area (Å²) in [7, 11) is -2.97. The van der Waals surface area contributed by atoms with Gasteiger partial charge in [-0.05, 0) is 24.5 Å². The topological polar surface area (TPSA) is 75.6 Å². The third-order valence-electron chi connectivity index (χ3n) is 3.18. The van der Waals surface area contributed by atoms with E-state index in [0.29, 0.717) is 22.0 Å². The molecule has 1 N–H and O–H groups in total. The van der Waals surface area contributed by atoms with Crippen LogP contribution in [0.3, 0.4) is 0 Å². The molecule has 114 valence electrons. The number of hydrogen-bond donors (Lipinski definition) is 1. The molecule has 0 radical (unpaired) electrons. The second kappa shape index (κ2) is 6.77. The predicted molar refractivity (Wildman–Crippen MR) is 83.6 cm³/mol. The Morgan fingerprint density at radius 2 is 2.05 bits per heavy atom. The minimum absolute atomic E-state index is 0.0699. The number of carbonyl (C=O) groups excluding carboxylic acids is 1. The van der Waals surface area contributed by atoms with E-state index in [2.05, 4.69) is 10.5 Å². The van der Waals surface area contributed by atoms with Gasteiger partial charge in [0.15, 0.2) is 9.84 Å². The van der Waals surface area contributed by atoms with Gasteiger partial charge in [0.2, 0.25) is 5.91 Å². The quantitative estimate of drug-likeness (QED) is 0.669. The zero-order valence-corrected chi connectivity index (χ0v) is 13.4. The van der Waals surface area contributed by atoms with Crippen molar-refractivity contribution in [2.24, 2.45) is 11.0 Å². The Hall–Kier alpha value is -1.11. The highest BCUT2D eigenvalue weighted by Gasteiger charge is 2.29. The Bertz CT molecular complexity index is 654. The van der Waals surface area contributed by atoms with Crippen molar-refractivity contribution in [2.45, 2.75) is 12.8 Å². The summed E-state index contributed by atoms with van der Waals surface area (Å²) in [5.74, 6) is -0.227. The zero-order chi connectivity index (χ0) is 15.5. The first-order valence-corrected chi connectivity index (χ1v) is 8.91. The number of nitrogens with zero attached hydrogens (tertiary/aromatic N) is 1. The lowest BCUT2D eigenvalue weighted by Crippen LogP contribution is -2.21. The van der Waals surface area contributed by atoms with Gasteiger partial charge in [-0.3, -0.25) is 4.79 Å². The molecule has 8 heteroatoms. The Labute approximate surface area is 133 Å². The van der Waals surface area contributed by atoms with E-state index in [1.54, 1.807) is 18.2 Å². The van der Waals surface area contributed by atoms with Gasteiger partial charge in [0.25, 0.3) is 0 Å². The molecule has 1 amide bonds. The molecule has 0 unspecified atom stereocenters. The summed E-state index contributed by atoms with van der Waals surface area (Å²) in [6, 6.07) is 5.04. The Balaban J connectivity index is 1.88. The maximum Gasteiger partial charge on any atom is 0.240 e. The largest absolute Gasteiger partial charge is 0.273 e. The third-order valence-corrected chi connectivity index (χ3v) is 5.68. The van der Waals surface area contributed by atoms with Gasteiger partial charge in [-0.2, -0.15) is 5.10 Å². The lowest BCUT2D eigenvalue weighted by Gasteiger charge is -2.05. The highest BCUT2D eigenvalue weighted by Crippen LogP contribution is 2.22. The maximum absolute atomic E-state index is 11.7. The summed E-state index contributed by atoms with van der Waals surface area (Å²) in [5.41, 5.74) is 2.88. The van der Waals surface area contributed by atoms with Gasteiger partial charge in [-0.25, -0.2) is 13.8 Å². The van der Waals surface area contributed by atoms with Crippen molar-refractivity contribution in [3.63, 3.8) is 0 Å². The van der Waals surface area contributed by atoms with Crippen LogP contribution in [0, 0.1) is 5.92 Å². The number of sulfone groups is 1. The van der Waals surface area contributed by atoms with Crippen LogP contribution in [0.25, 0.3) is 0 Å². The molecule has 1 heterocycles. The molecule has 1 aromatic carbocycles. The van der Waals surface area contributed by atoms with Crippen LogP contribution in [0.4, 0.5) is 0 Å². The second-order valence-corrected chi connectivity index (χ2v) is 7.94. The van der Waals surface area contributed by atoms with Crippen LogP contribution in [0.1, 0.15) is 18.4 Å². The Morgan fingerprint density at radius 1 is 1.38 bits per heavy atom. The van der Waals surface area contributed by atoms with Gasteiger partial charge in [0, 0.05) is 12.0 Å². The molecule has 1 aliphatic heterocycles. The van der Waals surface area contributed by atoms with E-state index in [1.165, 1.54) is 6.21 Å². The molecule has 0 spiro atoms. The van der Waals surface area contributed by atoms with E-state index < -0.39 is 9.84 Å². The fraction of sp³-hybridized carbons (Fsp3) is 0.385.